The molecule has 3 heterocycles. The Morgan fingerprint density at radius 3 is 2.79 bits per heavy atom. The van der Waals surface area contributed by atoms with E-state index in [2.05, 4.69) is 23.8 Å². The standard InChI is InChI=1S/C16H19N4O3S/c1-5-9(2)24-14-11-13(19(3)16(22)20(4)15(11)21)17-12(18-14)10-7-6-8-23-10/h6-9,11H,5H2,1-4H3/q+1. The molecule has 2 aliphatic heterocycles. The van der Waals surface area contributed by atoms with Crippen molar-refractivity contribution in [2.75, 3.05) is 14.1 Å². The van der Waals surface area contributed by atoms with Crippen LogP contribution in [0, 0.1) is 5.92 Å². The molecule has 24 heavy (non-hydrogen) atoms. The molecule has 0 saturated carbocycles. The fourth-order valence-corrected chi connectivity index (χ4v) is 3.53. The lowest BCUT2D eigenvalue weighted by molar-refractivity contribution is -0.407. The van der Waals surface area contributed by atoms with Crippen LogP contribution in [-0.4, -0.2) is 57.5 Å². The first-order valence-corrected chi connectivity index (χ1v) is 8.61. The monoisotopic (exact) mass is 347 g/mol. The lowest BCUT2D eigenvalue weighted by atomic mass is 10.0. The van der Waals surface area contributed by atoms with Gasteiger partial charge in [0.2, 0.25) is 0 Å². The second-order valence-electron chi connectivity index (χ2n) is 5.73. The van der Waals surface area contributed by atoms with Crippen LogP contribution < -0.4 is 0 Å². The third kappa shape index (κ3) is 2.71. The number of carbonyl (C=O) groups is 2. The van der Waals surface area contributed by atoms with Crippen molar-refractivity contribution in [2.24, 2.45) is 15.9 Å². The van der Waals surface area contributed by atoms with E-state index < -0.39 is 11.9 Å². The van der Waals surface area contributed by atoms with Crippen LogP contribution in [0.1, 0.15) is 26.0 Å². The number of hydrogen-bond donors (Lipinski definition) is 0. The minimum Gasteiger partial charge on any atom is -0.459 e. The molecule has 0 aromatic carbocycles. The second-order valence-corrected chi connectivity index (χ2v) is 7.19. The summed E-state index contributed by atoms with van der Waals surface area (Å²) < 4.78 is 6.79. The quantitative estimate of drug-likeness (QED) is 0.786. The highest BCUT2D eigenvalue weighted by Gasteiger charge is 2.49. The van der Waals surface area contributed by atoms with E-state index in [1.807, 2.05) is 0 Å². The SMILES string of the molecule is CCC(C)SC1=NC(c2ccco2)=NC2=[N+](C)C(=O)N(C)C(=O)C12. The van der Waals surface area contributed by atoms with E-state index in [1.165, 1.54) is 23.4 Å². The zero-order valence-corrected chi connectivity index (χ0v) is 14.8. The van der Waals surface area contributed by atoms with Gasteiger partial charge in [0.25, 0.3) is 11.7 Å². The van der Waals surface area contributed by atoms with Crippen LogP contribution in [0.5, 0.6) is 0 Å². The molecule has 1 aromatic heterocycles. The maximum atomic E-state index is 12.7. The Bertz CT molecular complexity index is 779. The van der Waals surface area contributed by atoms with Crippen molar-refractivity contribution in [1.82, 2.24) is 4.90 Å². The van der Waals surface area contributed by atoms with Gasteiger partial charge in [0.1, 0.15) is 5.04 Å². The lowest BCUT2D eigenvalue weighted by Crippen LogP contribution is -2.54. The molecule has 0 fully saturated rings. The highest BCUT2D eigenvalue weighted by molar-refractivity contribution is 8.14. The molecule has 0 N–H and O–H groups in total. The molecule has 1 aromatic rings. The Morgan fingerprint density at radius 1 is 1.42 bits per heavy atom. The number of urea groups is 1. The first-order valence-electron chi connectivity index (χ1n) is 7.74. The summed E-state index contributed by atoms with van der Waals surface area (Å²) in [5.74, 6) is 0.347. The molecule has 0 spiro atoms. The van der Waals surface area contributed by atoms with Gasteiger partial charge < -0.3 is 4.42 Å². The van der Waals surface area contributed by atoms with Crippen molar-refractivity contribution in [2.45, 2.75) is 25.5 Å². The maximum absolute atomic E-state index is 12.7. The predicted octanol–water partition coefficient (Wildman–Crippen LogP) is 2.22. The third-order valence-corrected chi connectivity index (χ3v) is 5.38. The number of nitrogens with zero attached hydrogens (tertiary/aromatic N) is 4. The molecule has 7 nitrogen and oxygen atoms in total. The molecular formula is C16H19N4O3S+. The van der Waals surface area contributed by atoms with Crippen LogP contribution in [0.2, 0.25) is 0 Å². The number of fused-ring (bicyclic) bond motifs is 1. The Labute approximate surface area is 144 Å². The highest BCUT2D eigenvalue weighted by Crippen LogP contribution is 2.29. The molecule has 3 rings (SSSR count). The molecular weight excluding hydrogens is 328 g/mol. The van der Waals surface area contributed by atoms with Gasteiger partial charge in [-0.2, -0.15) is 9.48 Å². The summed E-state index contributed by atoms with van der Waals surface area (Å²) in [5, 5.41) is 0.943. The lowest BCUT2D eigenvalue weighted by Gasteiger charge is -2.27. The van der Waals surface area contributed by atoms with E-state index in [1.54, 1.807) is 25.4 Å². The van der Waals surface area contributed by atoms with E-state index in [4.69, 9.17) is 4.42 Å². The first-order chi connectivity index (χ1) is 11.4. The number of imide groups is 1. The minimum atomic E-state index is -0.643. The number of carbonyl (C=O) groups excluding carboxylic acids is 2. The van der Waals surface area contributed by atoms with Crippen LogP contribution in [0.4, 0.5) is 4.79 Å². The highest BCUT2D eigenvalue weighted by atomic mass is 32.2. The normalized spacial score (nSPS) is 22.3. The summed E-state index contributed by atoms with van der Waals surface area (Å²) in [7, 11) is 3.10. The van der Waals surface area contributed by atoms with Gasteiger partial charge in [-0.25, -0.2) is 9.79 Å². The smallest absolute Gasteiger partial charge is 0.445 e. The molecule has 2 atom stereocenters. The van der Waals surface area contributed by atoms with E-state index >= 15 is 0 Å². The molecule has 126 valence electrons. The van der Waals surface area contributed by atoms with Crippen LogP contribution in [0.25, 0.3) is 0 Å². The van der Waals surface area contributed by atoms with Crippen LogP contribution in [0.3, 0.4) is 0 Å². The van der Waals surface area contributed by atoms with Crippen molar-refractivity contribution in [3.8, 4) is 0 Å². The fourth-order valence-electron chi connectivity index (χ4n) is 2.47. The van der Waals surface area contributed by atoms with E-state index in [9.17, 15) is 9.59 Å². The number of furan rings is 1. The van der Waals surface area contributed by atoms with Crippen LogP contribution in [-0.2, 0) is 4.79 Å². The van der Waals surface area contributed by atoms with E-state index in [0.29, 0.717) is 27.7 Å². The molecule has 8 heteroatoms. The molecule has 0 aliphatic carbocycles. The summed E-state index contributed by atoms with van der Waals surface area (Å²) in [5.41, 5.74) is 0. The molecule has 2 aliphatic rings. The van der Waals surface area contributed by atoms with Gasteiger partial charge in [0, 0.05) is 5.25 Å². The predicted molar refractivity (Wildman–Crippen MR) is 92.9 cm³/mol. The zero-order valence-electron chi connectivity index (χ0n) is 14.0. The van der Waals surface area contributed by atoms with Crippen molar-refractivity contribution in [3.05, 3.63) is 24.2 Å². The minimum absolute atomic E-state index is 0.294. The average molecular weight is 347 g/mol. The average Bonchev–Trinajstić information content (AvgIpc) is 3.11. The summed E-state index contributed by atoms with van der Waals surface area (Å²) in [6, 6.07) is 3.11. The van der Waals surface area contributed by atoms with Gasteiger partial charge in [-0.15, -0.1) is 11.8 Å². The van der Waals surface area contributed by atoms with Gasteiger partial charge in [-0.1, -0.05) is 18.8 Å². The van der Waals surface area contributed by atoms with Crippen molar-refractivity contribution >= 4 is 40.4 Å². The van der Waals surface area contributed by atoms with Gasteiger partial charge in [0.05, 0.1) is 20.4 Å². The summed E-state index contributed by atoms with van der Waals surface area (Å²) in [6.45, 7) is 4.16. The Hall–Kier alpha value is -2.22. The number of amides is 3. The molecule has 0 saturated heterocycles. The Balaban J connectivity index is 2.14. The van der Waals surface area contributed by atoms with E-state index in [0.717, 1.165) is 11.3 Å². The number of rotatable bonds is 3. The van der Waals surface area contributed by atoms with Crippen molar-refractivity contribution in [1.29, 1.82) is 0 Å². The number of aliphatic imine (C=N–C) groups is 2. The van der Waals surface area contributed by atoms with Crippen LogP contribution in [0.15, 0.2) is 32.8 Å². The second kappa shape index (κ2) is 6.35. The van der Waals surface area contributed by atoms with Crippen molar-refractivity contribution < 1.29 is 18.6 Å². The van der Waals surface area contributed by atoms with E-state index in [-0.39, 0.29) is 5.91 Å². The third-order valence-electron chi connectivity index (χ3n) is 4.08. The Morgan fingerprint density at radius 2 is 2.17 bits per heavy atom. The fraction of sp³-hybridized carbons (Fsp3) is 0.438. The topological polar surface area (TPSA) is 78.2 Å². The summed E-state index contributed by atoms with van der Waals surface area (Å²) in [6.07, 6.45) is 2.48. The number of thioether (sulfide) groups is 1. The summed E-state index contributed by atoms with van der Waals surface area (Å²) >= 11 is 1.54. The van der Waals surface area contributed by atoms with Gasteiger partial charge in [-0.3, -0.25) is 4.79 Å². The number of hydrogen-bond acceptors (Lipinski definition) is 6. The summed E-state index contributed by atoms with van der Waals surface area (Å²) in [4.78, 5) is 35.0. The van der Waals surface area contributed by atoms with Gasteiger partial charge in [0.15, 0.2) is 11.7 Å². The van der Waals surface area contributed by atoms with Crippen molar-refractivity contribution in [3.63, 3.8) is 0 Å². The first kappa shape index (κ1) is 16.6. The molecule has 0 radical (unpaired) electrons. The molecule has 2 unspecified atom stereocenters. The Kier molecular flexibility index (Phi) is 4.40. The van der Waals surface area contributed by atoms with Gasteiger partial charge in [-0.05, 0) is 18.6 Å². The van der Waals surface area contributed by atoms with Crippen LogP contribution >= 0.6 is 11.8 Å². The van der Waals surface area contributed by atoms with Gasteiger partial charge >= 0.3 is 11.9 Å². The maximum Gasteiger partial charge on any atom is 0.445 e. The molecule has 0 bridgehead atoms. The largest absolute Gasteiger partial charge is 0.459 e. The number of amidine groups is 2. The molecule has 3 amide bonds. The zero-order chi connectivity index (χ0) is 17.4.